The van der Waals surface area contributed by atoms with Gasteiger partial charge in [-0.1, -0.05) is 47.5 Å². The number of guanidine groups is 1. The number of nitrogens with one attached hydrogen (secondary N) is 2. The van der Waals surface area contributed by atoms with Gasteiger partial charge in [-0.05, 0) is 37.0 Å². The minimum Gasteiger partial charge on any atom is -0.356 e. The monoisotopic (exact) mass is 458 g/mol. The van der Waals surface area contributed by atoms with Gasteiger partial charge in [0.1, 0.15) is 5.15 Å². The number of aryl methyl sites for hydroxylation is 1. The second kappa shape index (κ2) is 11.3. The average molecular weight is 459 g/mol. The van der Waals surface area contributed by atoms with Crippen molar-refractivity contribution < 1.29 is 0 Å². The average Bonchev–Trinajstić information content (AvgIpc) is 2.55. The molecule has 0 atom stereocenters. The van der Waals surface area contributed by atoms with Gasteiger partial charge < -0.3 is 10.6 Å². The fourth-order valence-corrected chi connectivity index (χ4v) is 2.40. The predicted octanol–water partition coefficient (Wildman–Crippen LogP) is 3.61. The Bertz CT molecular complexity index is 644. The van der Waals surface area contributed by atoms with Crippen LogP contribution in [0.25, 0.3) is 0 Å². The van der Waals surface area contributed by atoms with Gasteiger partial charge in [-0.2, -0.15) is 0 Å². The van der Waals surface area contributed by atoms with Crippen LogP contribution in [0.3, 0.4) is 0 Å². The van der Waals surface area contributed by atoms with E-state index in [-0.39, 0.29) is 24.0 Å². The molecule has 1 heterocycles. The van der Waals surface area contributed by atoms with Gasteiger partial charge in [0.05, 0.1) is 0 Å². The first-order valence-corrected chi connectivity index (χ1v) is 8.15. The van der Waals surface area contributed by atoms with Gasteiger partial charge in [-0.3, -0.25) is 4.99 Å². The molecule has 130 valence electrons. The molecule has 24 heavy (non-hydrogen) atoms. The lowest BCUT2D eigenvalue weighted by atomic mass is 10.1. The molecule has 1 aromatic carbocycles. The number of hydrogen-bond acceptors (Lipinski definition) is 2. The molecule has 0 fully saturated rings. The van der Waals surface area contributed by atoms with Crippen molar-refractivity contribution in [1.82, 2.24) is 15.6 Å². The summed E-state index contributed by atoms with van der Waals surface area (Å²) in [5.41, 5.74) is 3.78. The SMILES string of the molecule is CN=C(NCCc1ccc(Cl)nc1)NCCc1cccc(C)c1.I. The van der Waals surface area contributed by atoms with Gasteiger partial charge in [-0.15, -0.1) is 24.0 Å². The fourth-order valence-electron chi connectivity index (χ4n) is 2.29. The van der Waals surface area contributed by atoms with Gasteiger partial charge in [0.15, 0.2) is 5.96 Å². The molecule has 0 bridgehead atoms. The fraction of sp³-hybridized carbons (Fsp3) is 0.333. The number of benzene rings is 1. The standard InChI is InChI=1S/C18H23ClN4.HI/c1-14-4-3-5-15(12-14)8-10-21-18(20-2)22-11-9-16-6-7-17(19)23-13-16;/h3-7,12-13H,8-11H2,1-2H3,(H2,20,21,22);1H. The van der Waals surface area contributed by atoms with Crippen molar-refractivity contribution in [2.75, 3.05) is 20.1 Å². The molecule has 2 aromatic rings. The van der Waals surface area contributed by atoms with Crippen LogP contribution in [0, 0.1) is 6.92 Å². The third kappa shape index (κ3) is 7.49. The Labute approximate surface area is 166 Å². The molecule has 4 nitrogen and oxygen atoms in total. The number of halogens is 2. The number of aromatic nitrogens is 1. The molecular formula is C18H24ClIN4. The van der Waals surface area contributed by atoms with E-state index >= 15 is 0 Å². The van der Waals surface area contributed by atoms with Crippen molar-refractivity contribution in [3.05, 3.63) is 64.4 Å². The summed E-state index contributed by atoms with van der Waals surface area (Å²) in [7, 11) is 1.78. The Kier molecular flexibility index (Phi) is 9.71. The van der Waals surface area contributed by atoms with Crippen LogP contribution in [0.2, 0.25) is 5.15 Å². The predicted molar refractivity (Wildman–Crippen MR) is 113 cm³/mol. The van der Waals surface area contributed by atoms with Crippen LogP contribution in [-0.4, -0.2) is 31.1 Å². The molecular weight excluding hydrogens is 435 g/mol. The van der Waals surface area contributed by atoms with E-state index in [0.29, 0.717) is 5.15 Å². The van der Waals surface area contributed by atoms with Crippen molar-refractivity contribution in [3.63, 3.8) is 0 Å². The van der Waals surface area contributed by atoms with E-state index in [4.69, 9.17) is 11.6 Å². The Morgan fingerprint density at radius 1 is 1.08 bits per heavy atom. The van der Waals surface area contributed by atoms with E-state index in [1.54, 1.807) is 13.2 Å². The molecule has 0 spiro atoms. The first-order chi connectivity index (χ1) is 11.2. The molecule has 0 radical (unpaired) electrons. The molecule has 1 aromatic heterocycles. The van der Waals surface area contributed by atoms with Crippen LogP contribution in [0.1, 0.15) is 16.7 Å². The Balaban J connectivity index is 0.00000288. The normalized spacial score (nSPS) is 10.9. The van der Waals surface area contributed by atoms with E-state index in [0.717, 1.165) is 37.5 Å². The maximum Gasteiger partial charge on any atom is 0.190 e. The third-order valence-corrected chi connectivity index (χ3v) is 3.73. The minimum absolute atomic E-state index is 0. The van der Waals surface area contributed by atoms with Crippen molar-refractivity contribution in [3.8, 4) is 0 Å². The molecule has 0 aliphatic heterocycles. The quantitative estimate of drug-likeness (QED) is 0.301. The first-order valence-electron chi connectivity index (χ1n) is 7.78. The Morgan fingerprint density at radius 2 is 1.79 bits per heavy atom. The largest absolute Gasteiger partial charge is 0.356 e. The van der Waals surface area contributed by atoms with E-state index in [1.165, 1.54) is 11.1 Å². The minimum atomic E-state index is 0. The van der Waals surface area contributed by atoms with Crippen molar-refractivity contribution >= 4 is 41.5 Å². The number of nitrogens with zero attached hydrogens (tertiary/aromatic N) is 2. The van der Waals surface area contributed by atoms with Crippen LogP contribution < -0.4 is 10.6 Å². The van der Waals surface area contributed by atoms with Crippen LogP contribution >= 0.6 is 35.6 Å². The van der Waals surface area contributed by atoms with E-state index in [1.807, 2.05) is 12.1 Å². The topological polar surface area (TPSA) is 49.3 Å². The first kappa shape index (κ1) is 20.7. The number of rotatable bonds is 6. The molecule has 0 amide bonds. The summed E-state index contributed by atoms with van der Waals surface area (Å²) in [5, 5.41) is 7.17. The van der Waals surface area contributed by atoms with Gasteiger partial charge in [0.2, 0.25) is 0 Å². The number of pyridine rings is 1. The zero-order chi connectivity index (χ0) is 16.5. The van der Waals surface area contributed by atoms with Crippen molar-refractivity contribution in [1.29, 1.82) is 0 Å². The smallest absolute Gasteiger partial charge is 0.190 e. The third-order valence-electron chi connectivity index (χ3n) is 3.51. The van der Waals surface area contributed by atoms with E-state index in [2.05, 4.69) is 51.8 Å². The van der Waals surface area contributed by atoms with Gasteiger partial charge in [0.25, 0.3) is 0 Å². The highest BCUT2D eigenvalue weighted by Crippen LogP contribution is 2.05. The van der Waals surface area contributed by atoms with Gasteiger partial charge >= 0.3 is 0 Å². The molecule has 0 aliphatic rings. The summed E-state index contributed by atoms with van der Waals surface area (Å²) in [5.74, 6) is 0.819. The summed E-state index contributed by atoms with van der Waals surface area (Å²) < 4.78 is 0. The molecule has 0 unspecified atom stereocenters. The lowest BCUT2D eigenvalue weighted by Gasteiger charge is -2.12. The Morgan fingerprint density at radius 3 is 2.38 bits per heavy atom. The maximum atomic E-state index is 5.78. The second-order valence-corrected chi connectivity index (χ2v) is 5.79. The van der Waals surface area contributed by atoms with E-state index in [9.17, 15) is 0 Å². The highest BCUT2D eigenvalue weighted by Gasteiger charge is 1.99. The van der Waals surface area contributed by atoms with Crippen LogP contribution in [0.15, 0.2) is 47.6 Å². The van der Waals surface area contributed by atoms with Gasteiger partial charge in [-0.25, -0.2) is 4.98 Å². The number of hydrogen-bond donors (Lipinski definition) is 2. The summed E-state index contributed by atoms with van der Waals surface area (Å²) in [6.07, 6.45) is 3.66. The van der Waals surface area contributed by atoms with Crippen molar-refractivity contribution in [2.45, 2.75) is 19.8 Å². The zero-order valence-electron chi connectivity index (χ0n) is 14.1. The maximum absolute atomic E-state index is 5.78. The zero-order valence-corrected chi connectivity index (χ0v) is 17.1. The summed E-state index contributed by atoms with van der Waals surface area (Å²) in [6, 6.07) is 12.4. The Hall–Kier alpha value is -1.34. The lowest BCUT2D eigenvalue weighted by molar-refractivity contribution is 0.783. The molecule has 0 aliphatic carbocycles. The second-order valence-electron chi connectivity index (χ2n) is 5.40. The molecule has 0 saturated carbocycles. The lowest BCUT2D eigenvalue weighted by Crippen LogP contribution is -2.39. The van der Waals surface area contributed by atoms with Crippen LogP contribution in [0.4, 0.5) is 0 Å². The van der Waals surface area contributed by atoms with Crippen LogP contribution in [0.5, 0.6) is 0 Å². The molecule has 2 N–H and O–H groups in total. The molecule has 0 saturated heterocycles. The van der Waals surface area contributed by atoms with Crippen LogP contribution in [-0.2, 0) is 12.8 Å². The number of aliphatic imine (C=N–C) groups is 1. The highest BCUT2D eigenvalue weighted by molar-refractivity contribution is 14.0. The van der Waals surface area contributed by atoms with Gasteiger partial charge in [0, 0.05) is 26.3 Å². The van der Waals surface area contributed by atoms with Crippen molar-refractivity contribution in [2.24, 2.45) is 4.99 Å². The summed E-state index contributed by atoms with van der Waals surface area (Å²) in [4.78, 5) is 8.32. The van der Waals surface area contributed by atoms with E-state index < -0.39 is 0 Å². The highest BCUT2D eigenvalue weighted by atomic mass is 127. The summed E-state index contributed by atoms with van der Waals surface area (Å²) >= 11 is 5.78. The molecule has 2 rings (SSSR count). The molecule has 6 heteroatoms. The summed E-state index contributed by atoms with van der Waals surface area (Å²) in [6.45, 7) is 3.77.